The molecule has 4 N–H and O–H groups in total. The Hall–Kier alpha value is -3.43. The number of rotatable bonds is 8. The molecule has 0 amide bonds. The highest BCUT2D eigenvalue weighted by atomic mass is 19.2. The Labute approximate surface area is 206 Å². The van der Waals surface area contributed by atoms with Crippen LogP contribution in [-0.4, -0.2) is 78.5 Å². The fourth-order valence-electron chi connectivity index (χ4n) is 4.07. The molecule has 1 aromatic heterocycles. The molecule has 10 nitrogen and oxygen atoms in total. The Bertz CT molecular complexity index is 1250. The number of nitrogens with zero attached hydrogens (tertiary/aromatic N) is 3. The first-order valence-corrected chi connectivity index (χ1v) is 10.9. The smallest absolute Gasteiger partial charge is 0.335 e. The second-order valence-corrected chi connectivity index (χ2v) is 8.33. The van der Waals surface area contributed by atoms with Gasteiger partial charge in [-0.25, -0.2) is 27.0 Å². The number of hydrogen-bond acceptors (Lipinski definition) is 8. The molecule has 0 radical (unpaired) electrons. The number of aliphatic carboxylic acids is 1. The third-order valence-corrected chi connectivity index (χ3v) is 5.88. The van der Waals surface area contributed by atoms with Crippen LogP contribution in [0.15, 0.2) is 42.6 Å². The average molecular weight is 527 g/mol. The second kappa shape index (κ2) is 10.9. The third kappa shape index (κ3) is 5.47. The van der Waals surface area contributed by atoms with Gasteiger partial charge in [-0.15, -0.1) is 5.10 Å². The van der Waals surface area contributed by atoms with E-state index >= 15 is 0 Å². The first kappa shape index (κ1) is 26.6. The van der Waals surface area contributed by atoms with E-state index in [9.17, 15) is 42.8 Å². The number of hydrogen-bond donors (Lipinski definition) is 4. The van der Waals surface area contributed by atoms with Crippen LogP contribution in [0, 0.1) is 23.3 Å². The second-order valence-electron chi connectivity index (χ2n) is 8.33. The van der Waals surface area contributed by atoms with Crippen molar-refractivity contribution in [3.63, 3.8) is 0 Å². The highest BCUT2D eigenvalue weighted by Crippen LogP contribution is 2.33. The largest absolute Gasteiger partial charge is 0.479 e. The molecule has 1 aliphatic heterocycles. The normalized spacial score (nSPS) is 24.7. The topological polar surface area (TPSA) is 147 Å². The van der Waals surface area contributed by atoms with E-state index in [0.29, 0.717) is 17.7 Å². The molecule has 1 aliphatic rings. The zero-order valence-corrected chi connectivity index (χ0v) is 18.8. The molecule has 2 aromatic carbocycles. The van der Waals surface area contributed by atoms with E-state index in [-0.39, 0.29) is 17.9 Å². The summed E-state index contributed by atoms with van der Waals surface area (Å²) >= 11 is 0. The predicted octanol–water partition coefficient (Wildman–Crippen LogP) is 1.19. The van der Waals surface area contributed by atoms with Gasteiger partial charge < -0.3 is 29.9 Å². The number of carbonyl (C=O) groups is 1. The minimum Gasteiger partial charge on any atom is -0.479 e. The standard InChI is InChI=1S/C23H21F4N3O7/c24-12-3-1-2-10(4-12)9-36-22(23(34)35)21-20(33)18(19(32)16(8-31)37-21)30-7-15(28-29-30)11-5-13(25)17(27)14(26)6-11/h1-7,16,18-22,31-33H,8-9H2,(H,34,35)/t16?,18?,19-,20?,21+,22-/m0/s1. The van der Waals surface area contributed by atoms with Crippen molar-refractivity contribution >= 4 is 5.97 Å². The summed E-state index contributed by atoms with van der Waals surface area (Å²) in [7, 11) is 0. The number of benzene rings is 2. The van der Waals surface area contributed by atoms with E-state index in [2.05, 4.69) is 10.3 Å². The Morgan fingerprint density at radius 1 is 1.11 bits per heavy atom. The van der Waals surface area contributed by atoms with E-state index in [1.807, 2.05) is 0 Å². The van der Waals surface area contributed by atoms with Gasteiger partial charge in [0.25, 0.3) is 0 Å². The summed E-state index contributed by atoms with van der Waals surface area (Å²) in [6.07, 6.45) is -7.22. The number of aromatic nitrogens is 3. The predicted molar refractivity (Wildman–Crippen MR) is 115 cm³/mol. The van der Waals surface area contributed by atoms with Crippen molar-refractivity contribution < 1.29 is 52.3 Å². The first-order valence-electron chi connectivity index (χ1n) is 10.9. The van der Waals surface area contributed by atoms with Gasteiger partial charge in [-0.05, 0) is 29.8 Å². The summed E-state index contributed by atoms with van der Waals surface area (Å²) in [5.74, 6) is -6.76. The number of ether oxygens (including phenoxy) is 2. The van der Waals surface area contributed by atoms with Crippen LogP contribution in [0.3, 0.4) is 0 Å². The van der Waals surface area contributed by atoms with Gasteiger partial charge in [-0.1, -0.05) is 17.3 Å². The molecule has 0 aliphatic carbocycles. The summed E-state index contributed by atoms with van der Waals surface area (Å²) < 4.78 is 65.9. The van der Waals surface area contributed by atoms with Crippen molar-refractivity contribution in [2.24, 2.45) is 0 Å². The van der Waals surface area contributed by atoms with Crippen LogP contribution in [0.1, 0.15) is 11.6 Å². The van der Waals surface area contributed by atoms with Crippen molar-refractivity contribution in [3.05, 3.63) is 71.4 Å². The number of carboxylic acids is 1. The van der Waals surface area contributed by atoms with Crippen molar-refractivity contribution in [2.45, 2.75) is 43.2 Å². The maximum absolute atomic E-state index is 13.7. The number of aliphatic hydroxyl groups excluding tert-OH is 3. The van der Waals surface area contributed by atoms with Crippen LogP contribution < -0.4 is 0 Å². The van der Waals surface area contributed by atoms with Crippen LogP contribution in [0.4, 0.5) is 17.6 Å². The van der Waals surface area contributed by atoms with Crippen molar-refractivity contribution in [3.8, 4) is 11.3 Å². The maximum atomic E-state index is 13.7. The molecule has 1 saturated heterocycles. The van der Waals surface area contributed by atoms with E-state index in [4.69, 9.17) is 9.47 Å². The Balaban J connectivity index is 1.62. The van der Waals surface area contributed by atoms with Gasteiger partial charge in [-0.3, -0.25) is 0 Å². The number of aliphatic hydroxyl groups is 3. The van der Waals surface area contributed by atoms with Crippen LogP contribution in [0.25, 0.3) is 11.3 Å². The van der Waals surface area contributed by atoms with E-state index in [1.165, 1.54) is 18.2 Å². The molecular formula is C23H21F4N3O7. The van der Waals surface area contributed by atoms with Crippen LogP contribution in [0.5, 0.6) is 0 Å². The third-order valence-electron chi connectivity index (χ3n) is 5.88. The molecule has 14 heteroatoms. The summed E-state index contributed by atoms with van der Waals surface area (Å²) in [6, 6.07) is 5.08. The molecule has 3 aromatic rings. The lowest BCUT2D eigenvalue weighted by Gasteiger charge is -2.43. The van der Waals surface area contributed by atoms with Gasteiger partial charge >= 0.3 is 5.97 Å². The van der Waals surface area contributed by atoms with Gasteiger partial charge in [0.15, 0.2) is 23.6 Å². The van der Waals surface area contributed by atoms with Gasteiger partial charge in [0.2, 0.25) is 0 Å². The Morgan fingerprint density at radius 2 is 1.81 bits per heavy atom. The molecule has 0 bridgehead atoms. The van der Waals surface area contributed by atoms with Crippen molar-refractivity contribution in [1.82, 2.24) is 15.0 Å². The Morgan fingerprint density at radius 3 is 2.43 bits per heavy atom. The molecular weight excluding hydrogens is 506 g/mol. The maximum Gasteiger partial charge on any atom is 0.335 e. The lowest BCUT2D eigenvalue weighted by Crippen LogP contribution is -2.60. The lowest BCUT2D eigenvalue weighted by molar-refractivity contribution is -0.238. The monoisotopic (exact) mass is 527 g/mol. The van der Waals surface area contributed by atoms with E-state index < -0.39 is 72.4 Å². The summed E-state index contributed by atoms with van der Waals surface area (Å²) in [6.45, 7) is -1.15. The highest BCUT2D eigenvalue weighted by Gasteiger charge is 2.50. The van der Waals surface area contributed by atoms with Gasteiger partial charge in [0.1, 0.15) is 42.0 Å². The minimum atomic E-state index is -1.83. The Kier molecular flexibility index (Phi) is 7.85. The molecule has 37 heavy (non-hydrogen) atoms. The fraction of sp³-hybridized carbons (Fsp3) is 0.348. The van der Waals surface area contributed by atoms with Gasteiger partial charge in [0.05, 0.1) is 19.4 Å². The summed E-state index contributed by atoms with van der Waals surface area (Å²) in [5, 5.41) is 48.6. The summed E-state index contributed by atoms with van der Waals surface area (Å²) in [4.78, 5) is 12.0. The number of carboxylic acid groups (broad SMARTS) is 1. The van der Waals surface area contributed by atoms with Crippen molar-refractivity contribution in [1.29, 1.82) is 0 Å². The zero-order chi connectivity index (χ0) is 26.9. The summed E-state index contributed by atoms with van der Waals surface area (Å²) in [5.41, 5.74) is -0.0553. The van der Waals surface area contributed by atoms with Crippen LogP contribution >= 0.6 is 0 Å². The van der Waals surface area contributed by atoms with Gasteiger partial charge in [0, 0.05) is 5.56 Å². The first-order chi connectivity index (χ1) is 17.6. The average Bonchev–Trinajstić information content (AvgIpc) is 3.33. The zero-order valence-electron chi connectivity index (χ0n) is 18.8. The molecule has 0 spiro atoms. The van der Waals surface area contributed by atoms with Crippen LogP contribution in [0.2, 0.25) is 0 Å². The molecule has 2 heterocycles. The molecule has 4 rings (SSSR count). The molecule has 198 valence electrons. The quantitative estimate of drug-likeness (QED) is 0.251. The van der Waals surface area contributed by atoms with Crippen molar-refractivity contribution in [2.75, 3.05) is 6.61 Å². The molecule has 1 fully saturated rings. The van der Waals surface area contributed by atoms with Crippen LogP contribution in [-0.2, 0) is 20.9 Å². The fourth-order valence-corrected chi connectivity index (χ4v) is 4.07. The highest BCUT2D eigenvalue weighted by molar-refractivity contribution is 5.73. The van der Waals surface area contributed by atoms with E-state index in [1.54, 1.807) is 0 Å². The molecule has 0 saturated carbocycles. The lowest BCUT2D eigenvalue weighted by atomic mass is 9.90. The SMILES string of the molecule is O=C(O)[C@@H](OCc1cccc(F)c1)[C@@H]1OC(CO)[C@H](O)C(n2cc(-c3cc(F)c(F)c(F)c3)nn2)C1O. The van der Waals surface area contributed by atoms with Gasteiger partial charge in [-0.2, -0.15) is 0 Å². The number of halogens is 4. The minimum absolute atomic E-state index is 0.155. The molecule has 3 unspecified atom stereocenters. The molecule has 6 atom stereocenters. The van der Waals surface area contributed by atoms with E-state index in [0.717, 1.165) is 16.9 Å².